The highest BCUT2D eigenvalue weighted by Gasteiger charge is 2.34. The fourth-order valence-corrected chi connectivity index (χ4v) is 6.65. The van der Waals surface area contributed by atoms with Crippen LogP contribution < -0.4 is 9.64 Å². The molecular formula is C33H33ClFN7O2. The van der Waals surface area contributed by atoms with E-state index < -0.39 is 17.8 Å². The third kappa shape index (κ3) is 5.53. The summed E-state index contributed by atoms with van der Waals surface area (Å²) in [6, 6.07) is 14.2. The van der Waals surface area contributed by atoms with Crippen LogP contribution in [0.2, 0.25) is 5.02 Å². The lowest BCUT2D eigenvalue weighted by atomic mass is 9.97. The minimum absolute atomic E-state index is 0.0273. The van der Waals surface area contributed by atoms with Gasteiger partial charge in [0.1, 0.15) is 17.9 Å². The third-order valence-electron chi connectivity index (χ3n) is 8.69. The first-order valence-electron chi connectivity index (χ1n) is 14.7. The van der Waals surface area contributed by atoms with Crippen molar-refractivity contribution in [1.82, 2.24) is 24.8 Å². The van der Waals surface area contributed by atoms with Crippen LogP contribution in [0.4, 0.5) is 10.2 Å². The lowest BCUT2D eigenvalue weighted by Gasteiger charge is -2.41. The van der Waals surface area contributed by atoms with Crippen molar-refractivity contribution in [3.05, 3.63) is 65.6 Å². The van der Waals surface area contributed by atoms with Crippen molar-refractivity contribution in [2.75, 3.05) is 44.7 Å². The Balaban J connectivity index is 1.45. The molecule has 6 rings (SSSR count). The van der Waals surface area contributed by atoms with Crippen LogP contribution in [0.25, 0.3) is 32.9 Å². The van der Waals surface area contributed by atoms with Crippen molar-refractivity contribution in [3.8, 4) is 23.3 Å². The zero-order valence-electron chi connectivity index (χ0n) is 24.8. The van der Waals surface area contributed by atoms with Gasteiger partial charge in [-0.3, -0.25) is 9.78 Å². The Morgan fingerprint density at radius 2 is 1.98 bits per heavy atom. The van der Waals surface area contributed by atoms with Crippen LogP contribution >= 0.6 is 11.6 Å². The lowest BCUT2D eigenvalue weighted by molar-refractivity contribution is -0.131. The molecule has 2 saturated heterocycles. The number of aryl methyl sites for hydroxylation is 1. The number of nitriles is 1. The van der Waals surface area contributed by atoms with Crippen LogP contribution in [0.5, 0.6) is 6.01 Å². The number of rotatable bonds is 7. The topological polar surface area (TPSA) is 98.5 Å². The maximum Gasteiger partial charge on any atom is 0.319 e. The molecule has 9 nitrogen and oxygen atoms in total. The quantitative estimate of drug-likeness (QED) is 0.245. The molecule has 2 atom stereocenters. The Bertz CT molecular complexity index is 1800. The largest absolute Gasteiger partial charge is 0.462 e. The number of likely N-dealkylation sites (tertiary alicyclic amines) is 1. The SMILES string of the molecule is C=C(F)C(=O)N1CCN(c2nc(OC[C@@H]3CCCN3C)nc3c(Cl)c(-c4cccc5cccc(C)c45)ncc23)C[C@@H]1CC#N. The number of aromatic nitrogens is 3. The Labute approximate surface area is 260 Å². The van der Waals surface area contributed by atoms with Crippen molar-refractivity contribution < 1.29 is 13.9 Å². The number of anilines is 1. The minimum Gasteiger partial charge on any atom is -0.462 e. The Morgan fingerprint density at radius 1 is 1.18 bits per heavy atom. The monoisotopic (exact) mass is 613 g/mol. The number of carbonyl (C=O) groups excluding carboxylic acids is 1. The molecule has 0 spiro atoms. The van der Waals surface area contributed by atoms with Gasteiger partial charge in [-0.2, -0.15) is 15.2 Å². The van der Waals surface area contributed by atoms with E-state index in [1.54, 1.807) is 6.20 Å². The van der Waals surface area contributed by atoms with Gasteiger partial charge < -0.3 is 19.4 Å². The fourth-order valence-electron chi connectivity index (χ4n) is 6.35. The predicted octanol–water partition coefficient (Wildman–Crippen LogP) is 5.69. The van der Waals surface area contributed by atoms with Gasteiger partial charge in [-0.1, -0.05) is 54.6 Å². The molecule has 2 aliphatic rings. The number of likely N-dealkylation sites (N-methyl/N-ethyl adjacent to an activating group) is 1. The highest BCUT2D eigenvalue weighted by molar-refractivity contribution is 6.38. The van der Waals surface area contributed by atoms with Crippen LogP contribution in [0.3, 0.4) is 0 Å². The normalized spacial score (nSPS) is 19.0. The molecule has 1 amide bonds. The molecule has 0 aliphatic carbocycles. The van der Waals surface area contributed by atoms with E-state index in [0.717, 1.165) is 41.3 Å². The van der Waals surface area contributed by atoms with E-state index in [0.29, 0.717) is 40.6 Å². The van der Waals surface area contributed by atoms with Gasteiger partial charge in [-0.05, 0) is 49.7 Å². The average Bonchev–Trinajstić information content (AvgIpc) is 3.44. The molecule has 0 saturated carbocycles. The van der Waals surface area contributed by atoms with E-state index in [2.05, 4.69) is 49.7 Å². The summed E-state index contributed by atoms with van der Waals surface area (Å²) in [6.45, 7) is 7.46. The van der Waals surface area contributed by atoms with Gasteiger partial charge in [-0.25, -0.2) is 4.39 Å². The Kier molecular flexibility index (Phi) is 8.34. The Morgan fingerprint density at radius 3 is 2.70 bits per heavy atom. The van der Waals surface area contributed by atoms with E-state index in [9.17, 15) is 14.4 Å². The molecule has 4 aromatic rings. The van der Waals surface area contributed by atoms with Crippen LogP contribution in [-0.4, -0.2) is 82.6 Å². The molecule has 2 aromatic carbocycles. The molecule has 226 valence electrons. The first kappa shape index (κ1) is 29.7. The van der Waals surface area contributed by atoms with Crippen LogP contribution in [-0.2, 0) is 4.79 Å². The fraction of sp³-hybridized carbons (Fsp3) is 0.364. The second-order valence-electron chi connectivity index (χ2n) is 11.4. The van der Waals surface area contributed by atoms with Crippen molar-refractivity contribution in [3.63, 3.8) is 0 Å². The van der Waals surface area contributed by atoms with E-state index in [1.165, 1.54) is 4.90 Å². The highest BCUT2D eigenvalue weighted by atomic mass is 35.5. The number of amides is 1. The zero-order chi connectivity index (χ0) is 31.0. The number of hydrogen-bond acceptors (Lipinski definition) is 8. The molecule has 0 unspecified atom stereocenters. The summed E-state index contributed by atoms with van der Waals surface area (Å²) in [5.41, 5.74) is 3.10. The van der Waals surface area contributed by atoms with E-state index in [1.807, 2.05) is 23.1 Å². The number of piperazine rings is 1. The third-order valence-corrected chi connectivity index (χ3v) is 9.05. The number of ether oxygens (including phenoxy) is 1. The number of pyridine rings is 1. The van der Waals surface area contributed by atoms with E-state index in [-0.39, 0.29) is 31.6 Å². The van der Waals surface area contributed by atoms with Crippen LogP contribution in [0.1, 0.15) is 24.8 Å². The van der Waals surface area contributed by atoms with Gasteiger partial charge in [0.05, 0.1) is 34.6 Å². The Hall–Kier alpha value is -4.33. The summed E-state index contributed by atoms with van der Waals surface area (Å²) in [7, 11) is 2.08. The molecular weight excluding hydrogens is 581 g/mol. The lowest BCUT2D eigenvalue weighted by Crippen LogP contribution is -2.55. The molecule has 2 aliphatic heterocycles. The molecule has 0 radical (unpaired) electrons. The summed E-state index contributed by atoms with van der Waals surface area (Å²) < 4.78 is 20.0. The number of nitrogens with zero attached hydrogens (tertiary/aromatic N) is 7. The number of carbonyl (C=O) groups is 1. The molecule has 4 heterocycles. The summed E-state index contributed by atoms with van der Waals surface area (Å²) in [5, 5.41) is 12.6. The molecule has 44 heavy (non-hydrogen) atoms. The van der Waals surface area contributed by atoms with Gasteiger partial charge in [-0.15, -0.1) is 0 Å². The maximum atomic E-state index is 13.8. The standard InChI is InChI=1S/C33H33ClFN7O2/c1-20-7-4-8-22-9-5-11-25(27(20)22)29-28(34)30-26(17-37-29)31(39-33(38-30)44-19-24-10-6-14-40(24)3)41-15-16-42(32(43)21(2)35)23(18-41)12-13-36/h4-5,7-9,11,17,23-24H,2,6,10,12,14-16,18-19H2,1,3H3/t23-,24-/m0/s1. The number of fused-ring (bicyclic) bond motifs is 2. The number of benzene rings is 2. The van der Waals surface area contributed by atoms with E-state index >= 15 is 0 Å². The first-order chi connectivity index (χ1) is 21.3. The molecule has 0 bridgehead atoms. The van der Waals surface area contributed by atoms with Gasteiger partial charge >= 0.3 is 6.01 Å². The molecule has 11 heteroatoms. The van der Waals surface area contributed by atoms with Gasteiger partial charge in [0.25, 0.3) is 5.91 Å². The molecule has 2 aromatic heterocycles. The van der Waals surface area contributed by atoms with Crippen molar-refractivity contribution in [2.24, 2.45) is 0 Å². The molecule has 2 fully saturated rings. The van der Waals surface area contributed by atoms with Crippen molar-refractivity contribution >= 4 is 45.0 Å². The minimum atomic E-state index is -1.05. The molecule has 0 N–H and O–H groups in total. The average molecular weight is 614 g/mol. The van der Waals surface area contributed by atoms with Crippen LogP contribution in [0, 0.1) is 18.3 Å². The number of hydrogen-bond donors (Lipinski definition) is 0. The summed E-state index contributed by atoms with van der Waals surface area (Å²) in [5.74, 6) is -1.32. The maximum absolute atomic E-state index is 13.8. The summed E-state index contributed by atoms with van der Waals surface area (Å²) >= 11 is 7.16. The van der Waals surface area contributed by atoms with Gasteiger partial charge in [0.15, 0.2) is 5.83 Å². The number of halogens is 2. The van der Waals surface area contributed by atoms with Crippen molar-refractivity contribution in [1.29, 1.82) is 5.26 Å². The zero-order valence-corrected chi connectivity index (χ0v) is 25.5. The summed E-state index contributed by atoms with van der Waals surface area (Å²) in [4.78, 5) is 32.5. The smallest absolute Gasteiger partial charge is 0.319 e. The highest BCUT2D eigenvalue weighted by Crippen LogP contribution is 2.39. The predicted molar refractivity (Wildman–Crippen MR) is 169 cm³/mol. The first-order valence-corrected chi connectivity index (χ1v) is 15.1. The van der Waals surface area contributed by atoms with Crippen LogP contribution in [0.15, 0.2) is 55.0 Å². The second kappa shape index (κ2) is 12.3. The van der Waals surface area contributed by atoms with Crippen molar-refractivity contribution in [2.45, 2.75) is 38.3 Å². The van der Waals surface area contributed by atoms with E-state index in [4.69, 9.17) is 31.3 Å². The van der Waals surface area contributed by atoms with Gasteiger partial charge in [0, 0.05) is 37.4 Å². The van der Waals surface area contributed by atoms with Gasteiger partial charge in [0.2, 0.25) is 0 Å². The second-order valence-corrected chi connectivity index (χ2v) is 11.8. The summed E-state index contributed by atoms with van der Waals surface area (Å²) in [6.07, 6.45) is 3.88.